The van der Waals surface area contributed by atoms with E-state index in [1.807, 2.05) is 41.8 Å². The van der Waals surface area contributed by atoms with Crippen LogP contribution in [0.15, 0.2) is 24.3 Å². The summed E-state index contributed by atoms with van der Waals surface area (Å²) >= 11 is 0. The summed E-state index contributed by atoms with van der Waals surface area (Å²) in [6.45, 7) is 5.54. The minimum atomic E-state index is -0.756. The number of nitriles is 1. The van der Waals surface area contributed by atoms with Gasteiger partial charge in [0.1, 0.15) is 6.04 Å². The van der Waals surface area contributed by atoms with Gasteiger partial charge in [-0.2, -0.15) is 5.26 Å². The normalized spacial score (nSPS) is 28.6. The SMILES string of the molecule is CNC(=O)c1cccc([C@H](C)N2C(=O)C3C[C@H]2CN3CC(N)C(=O)N2CC(C)CC2C#N)c1. The second kappa shape index (κ2) is 9.12. The van der Waals surface area contributed by atoms with Gasteiger partial charge in [0.2, 0.25) is 11.8 Å². The summed E-state index contributed by atoms with van der Waals surface area (Å²) in [6.07, 6.45) is 1.39. The number of piperazine rings is 1. The Morgan fingerprint density at radius 3 is 2.73 bits per heavy atom. The molecule has 6 atom stereocenters. The summed E-state index contributed by atoms with van der Waals surface area (Å²) in [5.41, 5.74) is 7.74. The maximum atomic E-state index is 13.2. The molecule has 3 aliphatic heterocycles. The van der Waals surface area contributed by atoms with Crippen LogP contribution in [0.5, 0.6) is 0 Å². The first kappa shape index (κ1) is 23.2. The van der Waals surface area contributed by atoms with Crippen molar-refractivity contribution in [2.45, 2.75) is 56.9 Å². The van der Waals surface area contributed by atoms with E-state index < -0.39 is 12.1 Å². The van der Waals surface area contributed by atoms with Crippen LogP contribution in [0.25, 0.3) is 0 Å². The monoisotopic (exact) mass is 452 g/mol. The highest BCUT2D eigenvalue weighted by Gasteiger charge is 2.51. The molecule has 176 valence electrons. The lowest BCUT2D eigenvalue weighted by molar-refractivity contribution is -0.141. The van der Waals surface area contributed by atoms with Gasteiger partial charge in [0.25, 0.3) is 5.91 Å². The molecule has 3 fully saturated rings. The molecule has 0 saturated carbocycles. The number of hydrogen-bond donors (Lipinski definition) is 2. The molecule has 4 rings (SSSR count). The number of amides is 3. The van der Waals surface area contributed by atoms with Gasteiger partial charge in [-0.15, -0.1) is 0 Å². The fourth-order valence-electron chi connectivity index (χ4n) is 5.60. The average molecular weight is 453 g/mol. The van der Waals surface area contributed by atoms with Crippen molar-refractivity contribution >= 4 is 17.7 Å². The van der Waals surface area contributed by atoms with E-state index in [2.05, 4.69) is 11.4 Å². The van der Waals surface area contributed by atoms with Crippen molar-refractivity contribution in [3.05, 3.63) is 35.4 Å². The van der Waals surface area contributed by atoms with E-state index in [1.165, 1.54) is 0 Å². The van der Waals surface area contributed by atoms with Crippen molar-refractivity contribution in [3.63, 3.8) is 0 Å². The third-order valence-electron chi connectivity index (χ3n) is 7.28. The van der Waals surface area contributed by atoms with Gasteiger partial charge in [-0.1, -0.05) is 19.1 Å². The molecule has 3 heterocycles. The largest absolute Gasteiger partial charge is 0.355 e. The van der Waals surface area contributed by atoms with Gasteiger partial charge >= 0.3 is 0 Å². The number of carbonyl (C=O) groups is 3. The molecular formula is C24H32N6O3. The molecule has 4 unspecified atom stereocenters. The highest BCUT2D eigenvalue weighted by Crippen LogP contribution is 2.38. The summed E-state index contributed by atoms with van der Waals surface area (Å²) in [6, 6.07) is 7.99. The average Bonchev–Trinajstić information content (AvgIpc) is 3.49. The summed E-state index contributed by atoms with van der Waals surface area (Å²) in [5.74, 6) is -0.0490. The number of fused-ring (bicyclic) bond motifs is 2. The Kier molecular flexibility index (Phi) is 6.41. The zero-order valence-electron chi connectivity index (χ0n) is 19.4. The van der Waals surface area contributed by atoms with E-state index in [1.54, 1.807) is 18.0 Å². The topological polar surface area (TPSA) is 123 Å². The van der Waals surface area contributed by atoms with Crippen molar-refractivity contribution in [2.24, 2.45) is 11.7 Å². The Morgan fingerprint density at radius 1 is 1.30 bits per heavy atom. The lowest BCUT2D eigenvalue weighted by atomic mass is 10.0. The smallest absolute Gasteiger partial charge is 0.251 e. The zero-order chi connectivity index (χ0) is 23.9. The highest BCUT2D eigenvalue weighted by molar-refractivity contribution is 5.94. The van der Waals surface area contributed by atoms with Crippen molar-refractivity contribution in [3.8, 4) is 6.07 Å². The van der Waals surface area contributed by atoms with Crippen LogP contribution in [0.2, 0.25) is 0 Å². The maximum absolute atomic E-state index is 13.2. The molecule has 3 amide bonds. The number of hydrogen-bond acceptors (Lipinski definition) is 6. The standard InChI is InChI=1S/C24H32N6O3/c1-14-7-18(10-25)29(11-14)23(32)20(26)13-28-12-19-9-21(28)24(33)30(19)15(2)16-5-4-6-17(8-16)22(31)27-3/h4-6,8,14-15,18-21H,7,9,11-13,26H2,1-3H3,(H,27,31)/t14?,15-,18?,19-,20?,21?/m0/s1. The molecule has 1 aromatic rings. The molecule has 33 heavy (non-hydrogen) atoms. The summed E-state index contributed by atoms with van der Waals surface area (Å²) in [5, 5.41) is 12.0. The predicted octanol–water partition coefficient (Wildman–Crippen LogP) is 0.480. The highest BCUT2D eigenvalue weighted by atomic mass is 16.2. The van der Waals surface area contributed by atoms with Crippen molar-refractivity contribution in [1.82, 2.24) is 20.0 Å². The number of nitrogens with one attached hydrogen (secondary N) is 1. The fraction of sp³-hybridized carbons (Fsp3) is 0.583. The Labute approximate surface area is 194 Å². The van der Waals surface area contributed by atoms with Crippen LogP contribution in [-0.4, -0.2) is 83.3 Å². The van der Waals surface area contributed by atoms with Gasteiger partial charge in [0, 0.05) is 38.3 Å². The molecule has 9 nitrogen and oxygen atoms in total. The lowest BCUT2D eigenvalue weighted by Crippen LogP contribution is -2.56. The number of rotatable bonds is 6. The Hall–Kier alpha value is -2.96. The first-order chi connectivity index (χ1) is 15.7. The predicted molar refractivity (Wildman–Crippen MR) is 122 cm³/mol. The van der Waals surface area contributed by atoms with E-state index in [0.717, 1.165) is 5.56 Å². The number of likely N-dealkylation sites (tertiary alicyclic amines) is 3. The van der Waals surface area contributed by atoms with Gasteiger partial charge in [-0.25, -0.2) is 0 Å². The minimum Gasteiger partial charge on any atom is -0.355 e. The Balaban J connectivity index is 1.40. The van der Waals surface area contributed by atoms with Crippen molar-refractivity contribution in [2.75, 3.05) is 26.7 Å². The van der Waals surface area contributed by atoms with E-state index in [-0.39, 0.29) is 41.8 Å². The zero-order valence-corrected chi connectivity index (χ0v) is 19.4. The fourth-order valence-corrected chi connectivity index (χ4v) is 5.60. The molecule has 2 bridgehead atoms. The van der Waals surface area contributed by atoms with Crippen LogP contribution in [0.1, 0.15) is 48.7 Å². The number of nitrogens with two attached hydrogens (primary N) is 1. The van der Waals surface area contributed by atoms with Gasteiger partial charge in [0.15, 0.2) is 0 Å². The second-order valence-corrected chi connectivity index (χ2v) is 9.57. The molecule has 0 radical (unpaired) electrons. The summed E-state index contributed by atoms with van der Waals surface area (Å²) in [7, 11) is 1.59. The lowest BCUT2D eigenvalue weighted by Gasteiger charge is -2.38. The van der Waals surface area contributed by atoms with Gasteiger partial charge in [0.05, 0.1) is 24.2 Å². The molecule has 3 saturated heterocycles. The second-order valence-electron chi connectivity index (χ2n) is 9.57. The summed E-state index contributed by atoms with van der Waals surface area (Å²) < 4.78 is 0. The van der Waals surface area contributed by atoms with Crippen LogP contribution in [0.4, 0.5) is 0 Å². The Bertz CT molecular complexity index is 991. The maximum Gasteiger partial charge on any atom is 0.251 e. The molecule has 0 aromatic heterocycles. The molecular weight excluding hydrogens is 420 g/mol. The van der Waals surface area contributed by atoms with E-state index in [0.29, 0.717) is 38.0 Å². The minimum absolute atomic E-state index is 0.0356. The first-order valence-electron chi connectivity index (χ1n) is 11.6. The van der Waals surface area contributed by atoms with Crippen LogP contribution in [-0.2, 0) is 9.59 Å². The molecule has 9 heteroatoms. The number of benzene rings is 1. The Morgan fingerprint density at radius 2 is 2.06 bits per heavy atom. The number of nitrogens with zero attached hydrogens (tertiary/aromatic N) is 4. The van der Waals surface area contributed by atoms with Gasteiger partial charge in [-0.05, 0) is 43.4 Å². The van der Waals surface area contributed by atoms with E-state index in [9.17, 15) is 19.6 Å². The van der Waals surface area contributed by atoms with Crippen LogP contribution in [0.3, 0.4) is 0 Å². The molecule has 0 aliphatic carbocycles. The molecule has 3 N–H and O–H groups in total. The van der Waals surface area contributed by atoms with E-state index >= 15 is 0 Å². The van der Waals surface area contributed by atoms with Crippen LogP contribution >= 0.6 is 0 Å². The third-order valence-corrected chi connectivity index (χ3v) is 7.28. The van der Waals surface area contributed by atoms with Gasteiger partial charge in [-0.3, -0.25) is 19.3 Å². The molecule has 1 aromatic carbocycles. The van der Waals surface area contributed by atoms with Crippen molar-refractivity contribution in [1.29, 1.82) is 5.26 Å². The van der Waals surface area contributed by atoms with Crippen LogP contribution < -0.4 is 11.1 Å². The van der Waals surface area contributed by atoms with E-state index in [4.69, 9.17) is 5.73 Å². The molecule has 0 spiro atoms. The van der Waals surface area contributed by atoms with Crippen LogP contribution in [0, 0.1) is 17.2 Å². The van der Waals surface area contributed by atoms with Gasteiger partial charge < -0.3 is 20.9 Å². The summed E-state index contributed by atoms with van der Waals surface area (Å²) in [4.78, 5) is 43.7. The van der Waals surface area contributed by atoms with Crippen molar-refractivity contribution < 1.29 is 14.4 Å². The molecule has 3 aliphatic rings. The number of carbonyl (C=O) groups excluding carboxylic acids is 3. The quantitative estimate of drug-likeness (QED) is 0.647. The first-order valence-corrected chi connectivity index (χ1v) is 11.6. The third kappa shape index (κ3) is 4.21.